The molecular formula is C18H27Cl. The van der Waals surface area contributed by atoms with Crippen molar-refractivity contribution in [1.29, 1.82) is 0 Å². The summed E-state index contributed by atoms with van der Waals surface area (Å²) in [5.41, 5.74) is 2.76. The van der Waals surface area contributed by atoms with E-state index in [1.807, 2.05) is 0 Å². The van der Waals surface area contributed by atoms with Crippen LogP contribution >= 0.6 is 11.6 Å². The van der Waals surface area contributed by atoms with Crippen molar-refractivity contribution in [3.63, 3.8) is 0 Å². The molecule has 1 heteroatoms. The number of alkyl halides is 1. The van der Waals surface area contributed by atoms with Gasteiger partial charge in [0.15, 0.2) is 0 Å². The van der Waals surface area contributed by atoms with Gasteiger partial charge in [-0.1, -0.05) is 69.7 Å². The third-order valence-corrected chi connectivity index (χ3v) is 4.86. The van der Waals surface area contributed by atoms with Crippen molar-refractivity contribution in [2.24, 2.45) is 5.92 Å². The third kappa shape index (κ3) is 4.84. The van der Waals surface area contributed by atoms with Crippen LogP contribution < -0.4 is 0 Å². The zero-order chi connectivity index (χ0) is 13.5. The van der Waals surface area contributed by atoms with Gasteiger partial charge < -0.3 is 0 Å². The first-order chi connectivity index (χ1) is 9.29. The van der Waals surface area contributed by atoms with Crippen molar-refractivity contribution >= 4 is 11.6 Å². The normalized spacial score (nSPS) is 18.4. The van der Waals surface area contributed by atoms with Crippen LogP contribution in [0.25, 0.3) is 0 Å². The summed E-state index contributed by atoms with van der Waals surface area (Å²) < 4.78 is 0. The Kier molecular flexibility index (Phi) is 6.23. The summed E-state index contributed by atoms with van der Waals surface area (Å²) in [6.45, 7) is 2.24. The van der Waals surface area contributed by atoms with Crippen molar-refractivity contribution in [2.75, 3.05) is 0 Å². The standard InChI is InChI=1S/C18H27Cl/c1-2-3-7-15-10-12-17(13-11-15)18(19)14-16-8-5-4-6-9-16/h10-13,16,18H,2-9,14H2,1H3. The van der Waals surface area contributed by atoms with Gasteiger partial charge in [0.2, 0.25) is 0 Å². The molecule has 1 saturated carbocycles. The van der Waals surface area contributed by atoms with Crippen LogP contribution in [0.2, 0.25) is 0 Å². The summed E-state index contributed by atoms with van der Waals surface area (Å²) in [5, 5.41) is 0.211. The fraction of sp³-hybridized carbons (Fsp3) is 0.667. The molecule has 1 fully saturated rings. The smallest absolute Gasteiger partial charge is 0.0587 e. The number of aryl methyl sites for hydroxylation is 1. The van der Waals surface area contributed by atoms with E-state index in [0.29, 0.717) is 0 Å². The van der Waals surface area contributed by atoms with Crippen LogP contribution in [-0.2, 0) is 6.42 Å². The van der Waals surface area contributed by atoms with Gasteiger partial charge in [0.05, 0.1) is 5.38 Å². The number of benzene rings is 1. The molecule has 1 aromatic carbocycles. The van der Waals surface area contributed by atoms with Gasteiger partial charge in [-0.05, 0) is 36.3 Å². The molecule has 0 bridgehead atoms. The lowest BCUT2D eigenvalue weighted by Gasteiger charge is -2.23. The topological polar surface area (TPSA) is 0 Å². The van der Waals surface area contributed by atoms with Gasteiger partial charge in [-0.15, -0.1) is 11.6 Å². The number of rotatable bonds is 6. The largest absolute Gasteiger partial charge is 0.118 e. The summed E-state index contributed by atoms with van der Waals surface area (Å²) in [7, 11) is 0. The predicted octanol–water partition coefficient (Wildman–Crippen LogP) is 6.28. The molecule has 0 nitrogen and oxygen atoms in total. The fourth-order valence-corrected chi connectivity index (χ4v) is 3.52. The minimum absolute atomic E-state index is 0.211. The number of hydrogen-bond acceptors (Lipinski definition) is 0. The average Bonchev–Trinajstić information content (AvgIpc) is 2.46. The molecule has 0 spiro atoms. The Morgan fingerprint density at radius 3 is 2.42 bits per heavy atom. The van der Waals surface area contributed by atoms with Gasteiger partial charge >= 0.3 is 0 Å². The zero-order valence-electron chi connectivity index (χ0n) is 12.2. The third-order valence-electron chi connectivity index (χ3n) is 4.43. The van der Waals surface area contributed by atoms with E-state index in [4.69, 9.17) is 11.6 Å². The highest BCUT2D eigenvalue weighted by atomic mass is 35.5. The van der Waals surface area contributed by atoms with E-state index in [2.05, 4.69) is 31.2 Å². The molecule has 0 aromatic heterocycles. The van der Waals surface area contributed by atoms with Crippen molar-refractivity contribution in [3.8, 4) is 0 Å². The Morgan fingerprint density at radius 1 is 1.11 bits per heavy atom. The van der Waals surface area contributed by atoms with Crippen molar-refractivity contribution in [2.45, 2.75) is 70.1 Å². The average molecular weight is 279 g/mol. The quantitative estimate of drug-likeness (QED) is 0.537. The second kappa shape index (κ2) is 7.94. The number of hydrogen-bond donors (Lipinski definition) is 0. The first-order valence-corrected chi connectivity index (χ1v) is 8.46. The SMILES string of the molecule is CCCCc1ccc(C(Cl)CC2CCCCC2)cc1. The van der Waals surface area contributed by atoms with Crippen LogP contribution in [0.5, 0.6) is 0 Å². The molecule has 0 heterocycles. The van der Waals surface area contributed by atoms with Crippen LogP contribution in [0, 0.1) is 5.92 Å². The van der Waals surface area contributed by atoms with Crippen molar-refractivity contribution in [1.82, 2.24) is 0 Å². The highest BCUT2D eigenvalue weighted by molar-refractivity contribution is 6.20. The molecule has 1 atom stereocenters. The Hall–Kier alpha value is -0.490. The van der Waals surface area contributed by atoms with E-state index in [9.17, 15) is 0 Å². The minimum atomic E-state index is 0.211. The van der Waals surface area contributed by atoms with Crippen LogP contribution in [-0.4, -0.2) is 0 Å². The van der Waals surface area contributed by atoms with Gasteiger partial charge in [-0.2, -0.15) is 0 Å². The molecular weight excluding hydrogens is 252 g/mol. The Morgan fingerprint density at radius 2 is 1.79 bits per heavy atom. The van der Waals surface area contributed by atoms with Crippen LogP contribution in [0.4, 0.5) is 0 Å². The highest BCUT2D eigenvalue weighted by Gasteiger charge is 2.18. The molecule has 106 valence electrons. The molecule has 0 saturated heterocycles. The van der Waals surface area contributed by atoms with Gasteiger partial charge in [-0.3, -0.25) is 0 Å². The van der Waals surface area contributed by atoms with Gasteiger partial charge in [0.1, 0.15) is 0 Å². The van der Waals surface area contributed by atoms with Gasteiger partial charge in [0.25, 0.3) is 0 Å². The maximum Gasteiger partial charge on any atom is 0.0587 e. The Balaban J connectivity index is 1.85. The maximum absolute atomic E-state index is 6.60. The fourth-order valence-electron chi connectivity index (χ4n) is 3.13. The lowest BCUT2D eigenvalue weighted by molar-refractivity contribution is 0.336. The van der Waals surface area contributed by atoms with E-state index < -0.39 is 0 Å². The molecule has 1 aromatic rings. The van der Waals surface area contributed by atoms with E-state index in [1.54, 1.807) is 0 Å². The molecule has 2 rings (SSSR count). The second-order valence-corrected chi connectivity index (χ2v) is 6.58. The summed E-state index contributed by atoms with van der Waals surface area (Å²) in [6.07, 6.45) is 11.9. The first-order valence-electron chi connectivity index (χ1n) is 8.02. The number of halogens is 1. The van der Waals surface area contributed by atoms with Crippen molar-refractivity contribution < 1.29 is 0 Å². The van der Waals surface area contributed by atoms with E-state index in [1.165, 1.54) is 62.5 Å². The Labute approximate surface area is 123 Å². The molecule has 0 N–H and O–H groups in total. The minimum Gasteiger partial charge on any atom is -0.118 e. The van der Waals surface area contributed by atoms with Crippen molar-refractivity contribution in [3.05, 3.63) is 35.4 Å². The summed E-state index contributed by atoms with van der Waals surface area (Å²) >= 11 is 6.60. The number of unbranched alkanes of at least 4 members (excludes halogenated alkanes) is 1. The van der Waals surface area contributed by atoms with Gasteiger partial charge in [0, 0.05) is 0 Å². The van der Waals surface area contributed by atoms with E-state index >= 15 is 0 Å². The maximum atomic E-state index is 6.60. The van der Waals surface area contributed by atoms with Crippen LogP contribution in [0.15, 0.2) is 24.3 Å². The summed E-state index contributed by atoms with van der Waals surface area (Å²) in [6, 6.07) is 9.01. The van der Waals surface area contributed by atoms with E-state index in [0.717, 1.165) is 12.3 Å². The molecule has 1 aliphatic carbocycles. The molecule has 19 heavy (non-hydrogen) atoms. The molecule has 0 amide bonds. The Bertz CT molecular complexity index is 348. The molecule has 1 aliphatic rings. The lowest BCUT2D eigenvalue weighted by Crippen LogP contribution is -2.08. The second-order valence-electron chi connectivity index (χ2n) is 6.05. The predicted molar refractivity (Wildman–Crippen MR) is 84.8 cm³/mol. The highest BCUT2D eigenvalue weighted by Crippen LogP contribution is 2.35. The zero-order valence-corrected chi connectivity index (χ0v) is 13.0. The van der Waals surface area contributed by atoms with Crippen LogP contribution in [0.1, 0.15) is 74.8 Å². The van der Waals surface area contributed by atoms with Crippen LogP contribution in [0.3, 0.4) is 0 Å². The molecule has 0 radical (unpaired) electrons. The molecule has 0 aliphatic heterocycles. The molecule has 1 unspecified atom stereocenters. The summed E-state index contributed by atoms with van der Waals surface area (Å²) in [5.74, 6) is 0.857. The van der Waals surface area contributed by atoms with Gasteiger partial charge in [-0.25, -0.2) is 0 Å². The first kappa shape index (κ1) is 14.9. The monoisotopic (exact) mass is 278 g/mol. The van der Waals surface area contributed by atoms with E-state index in [-0.39, 0.29) is 5.38 Å². The lowest BCUT2D eigenvalue weighted by atomic mass is 9.85. The summed E-state index contributed by atoms with van der Waals surface area (Å²) in [4.78, 5) is 0.